The van der Waals surface area contributed by atoms with Crippen molar-refractivity contribution in [2.75, 3.05) is 58.5 Å². The third-order valence-corrected chi connectivity index (χ3v) is 7.99. The highest BCUT2D eigenvalue weighted by Crippen LogP contribution is 2.36. The van der Waals surface area contributed by atoms with Gasteiger partial charge in [-0.25, -0.2) is 9.79 Å². The van der Waals surface area contributed by atoms with Crippen LogP contribution in [0.3, 0.4) is 0 Å². The summed E-state index contributed by atoms with van der Waals surface area (Å²) in [7, 11) is 3.43. The Morgan fingerprint density at radius 2 is 1.82 bits per heavy atom. The molecule has 0 saturated carbocycles. The number of aromatic nitrogens is 1. The van der Waals surface area contributed by atoms with Crippen molar-refractivity contribution in [3.05, 3.63) is 72.6 Å². The van der Waals surface area contributed by atoms with Crippen LogP contribution in [-0.2, 0) is 9.53 Å². The number of allylic oxidation sites excluding steroid dienone is 1. The molecule has 0 radical (unpaired) electrons. The summed E-state index contributed by atoms with van der Waals surface area (Å²) in [4.78, 5) is 36.5. The zero-order valence-electron chi connectivity index (χ0n) is 23.4. The van der Waals surface area contributed by atoms with E-state index >= 15 is 0 Å². The quantitative estimate of drug-likeness (QED) is 0.384. The number of anilines is 1. The van der Waals surface area contributed by atoms with Crippen molar-refractivity contribution in [2.45, 2.75) is 26.8 Å². The number of carbonyl (C=O) groups excluding carboxylic acids is 1. The Labute approximate surface area is 236 Å². The van der Waals surface area contributed by atoms with E-state index in [1.54, 1.807) is 23.6 Å². The fourth-order valence-electron chi connectivity index (χ4n) is 4.99. The van der Waals surface area contributed by atoms with Crippen molar-refractivity contribution in [2.24, 2.45) is 4.99 Å². The molecule has 2 aliphatic heterocycles. The van der Waals surface area contributed by atoms with E-state index in [0.29, 0.717) is 56.6 Å². The van der Waals surface area contributed by atoms with Gasteiger partial charge in [0.05, 0.1) is 42.2 Å². The van der Waals surface area contributed by atoms with Crippen molar-refractivity contribution < 1.29 is 23.4 Å². The number of benzene rings is 1. The lowest BCUT2D eigenvalue weighted by molar-refractivity contribution is -0.136. The number of furan rings is 1. The molecule has 2 aromatic heterocycles. The van der Waals surface area contributed by atoms with Crippen LogP contribution in [0.1, 0.15) is 38.1 Å². The molecule has 1 saturated heterocycles. The fourth-order valence-corrected chi connectivity index (χ4v) is 6.02. The van der Waals surface area contributed by atoms with E-state index in [0.717, 1.165) is 32.1 Å². The SMILES string of the molecule is CCOc1ccc([C@H]2C(C(=O)OC)=C(C)N=c3s/c(=C\c4ccc(N5CCN(C)CC5)o4)c(=O)n32)cc1OCC. The molecule has 1 atom stereocenters. The summed E-state index contributed by atoms with van der Waals surface area (Å²) < 4.78 is 24.8. The van der Waals surface area contributed by atoms with Gasteiger partial charge in [0.15, 0.2) is 22.2 Å². The second-order valence-corrected chi connectivity index (χ2v) is 10.6. The van der Waals surface area contributed by atoms with Gasteiger partial charge >= 0.3 is 5.97 Å². The molecule has 0 N–H and O–H groups in total. The number of likely N-dealkylation sites (N-methyl/N-ethyl adjacent to an activating group) is 1. The number of carbonyl (C=O) groups is 1. The maximum atomic E-state index is 13.9. The van der Waals surface area contributed by atoms with Crippen LogP contribution in [0.15, 0.2) is 55.8 Å². The smallest absolute Gasteiger partial charge is 0.338 e. The Bertz CT molecular complexity index is 1610. The number of rotatable bonds is 8. The van der Waals surface area contributed by atoms with E-state index < -0.39 is 12.0 Å². The Hall–Kier alpha value is -3.83. The van der Waals surface area contributed by atoms with Gasteiger partial charge in [0.25, 0.3) is 5.56 Å². The number of ether oxygens (including phenoxy) is 3. The van der Waals surface area contributed by atoms with Gasteiger partial charge in [-0.3, -0.25) is 9.36 Å². The molecular formula is C29H34N4O6S. The van der Waals surface area contributed by atoms with E-state index in [9.17, 15) is 9.59 Å². The minimum Gasteiger partial charge on any atom is -0.490 e. The van der Waals surface area contributed by atoms with Crippen LogP contribution in [-0.4, -0.2) is 69.0 Å². The average molecular weight is 567 g/mol. The first-order chi connectivity index (χ1) is 19.3. The van der Waals surface area contributed by atoms with E-state index in [1.165, 1.54) is 18.4 Å². The molecular weight excluding hydrogens is 532 g/mol. The minimum absolute atomic E-state index is 0.271. The van der Waals surface area contributed by atoms with Crippen LogP contribution < -0.4 is 29.3 Å². The maximum Gasteiger partial charge on any atom is 0.338 e. The third kappa shape index (κ3) is 5.31. The number of hydrogen-bond acceptors (Lipinski definition) is 10. The Morgan fingerprint density at radius 3 is 2.52 bits per heavy atom. The molecule has 4 heterocycles. The highest BCUT2D eigenvalue weighted by atomic mass is 32.1. The van der Waals surface area contributed by atoms with Crippen LogP contribution in [0.2, 0.25) is 0 Å². The second-order valence-electron chi connectivity index (χ2n) is 9.61. The van der Waals surface area contributed by atoms with Gasteiger partial charge in [0.1, 0.15) is 5.76 Å². The molecule has 11 heteroatoms. The molecule has 1 aromatic carbocycles. The summed E-state index contributed by atoms with van der Waals surface area (Å²) in [6.45, 7) is 10.1. The molecule has 0 amide bonds. The van der Waals surface area contributed by atoms with Crippen molar-refractivity contribution >= 4 is 29.3 Å². The Balaban J connectivity index is 1.60. The topological polar surface area (TPSA) is 98.7 Å². The maximum absolute atomic E-state index is 13.9. The normalized spacial score (nSPS) is 18.0. The fraction of sp³-hybridized carbons (Fsp3) is 0.414. The number of methoxy groups -OCH3 is 1. The number of nitrogens with zero attached hydrogens (tertiary/aromatic N) is 4. The van der Waals surface area contributed by atoms with Gasteiger partial charge in [0, 0.05) is 38.3 Å². The first-order valence-electron chi connectivity index (χ1n) is 13.4. The van der Waals surface area contributed by atoms with E-state index in [4.69, 9.17) is 18.6 Å². The molecule has 3 aromatic rings. The van der Waals surface area contributed by atoms with Crippen molar-refractivity contribution in [3.63, 3.8) is 0 Å². The zero-order chi connectivity index (χ0) is 28.4. The van der Waals surface area contributed by atoms with Crippen LogP contribution in [0.4, 0.5) is 5.88 Å². The van der Waals surface area contributed by atoms with Gasteiger partial charge < -0.3 is 28.4 Å². The van der Waals surface area contributed by atoms with E-state index in [2.05, 4.69) is 21.8 Å². The second kappa shape index (κ2) is 11.7. The largest absolute Gasteiger partial charge is 0.490 e. The first-order valence-corrected chi connectivity index (χ1v) is 14.2. The summed E-state index contributed by atoms with van der Waals surface area (Å²) >= 11 is 1.26. The Kier molecular flexibility index (Phi) is 8.13. The molecule has 40 heavy (non-hydrogen) atoms. The van der Waals surface area contributed by atoms with Crippen LogP contribution in [0, 0.1) is 0 Å². The number of hydrogen-bond donors (Lipinski definition) is 0. The molecule has 5 rings (SSSR count). The average Bonchev–Trinajstić information content (AvgIpc) is 3.53. The van der Waals surface area contributed by atoms with Crippen LogP contribution in [0.5, 0.6) is 11.5 Å². The third-order valence-electron chi connectivity index (χ3n) is 7.01. The highest BCUT2D eigenvalue weighted by molar-refractivity contribution is 7.07. The lowest BCUT2D eigenvalue weighted by atomic mass is 9.95. The molecule has 0 spiro atoms. The molecule has 0 unspecified atom stereocenters. The van der Waals surface area contributed by atoms with Gasteiger partial charge in [-0.05, 0) is 51.6 Å². The predicted molar refractivity (Wildman–Crippen MR) is 153 cm³/mol. The summed E-state index contributed by atoms with van der Waals surface area (Å²) in [6, 6.07) is 8.50. The number of fused-ring (bicyclic) bond motifs is 1. The standard InChI is InChI=1S/C29H34N4O6S/c1-6-37-21-10-8-19(16-22(21)38-7-2)26-25(28(35)36-5)18(3)30-29-33(26)27(34)23(40-29)17-20-9-11-24(39-20)32-14-12-31(4)13-15-32/h8-11,16-17,26H,6-7,12-15H2,1-5H3/b23-17-/t26-/m0/s1. The van der Waals surface area contributed by atoms with Gasteiger partial charge in [0.2, 0.25) is 0 Å². The summed E-state index contributed by atoms with van der Waals surface area (Å²) in [5.74, 6) is 1.95. The first kappa shape index (κ1) is 27.7. The van der Waals surface area contributed by atoms with Gasteiger partial charge in [-0.2, -0.15) is 0 Å². The number of thiazole rings is 1. The molecule has 0 bridgehead atoms. The summed E-state index contributed by atoms with van der Waals surface area (Å²) in [6.07, 6.45) is 1.74. The molecule has 2 aliphatic rings. The minimum atomic E-state index is -0.752. The van der Waals surface area contributed by atoms with Gasteiger partial charge in [-0.15, -0.1) is 0 Å². The van der Waals surface area contributed by atoms with Crippen molar-refractivity contribution in [3.8, 4) is 11.5 Å². The van der Waals surface area contributed by atoms with E-state index in [-0.39, 0.29) is 5.56 Å². The van der Waals surface area contributed by atoms with Crippen LogP contribution >= 0.6 is 11.3 Å². The molecule has 10 nitrogen and oxygen atoms in total. The monoisotopic (exact) mass is 566 g/mol. The molecule has 1 fully saturated rings. The summed E-state index contributed by atoms with van der Waals surface area (Å²) in [5, 5.41) is 0. The zero-order valence-corrected chi connectivity index (χ0v) is 24.2. The summed E-state index contributed by atoms with van der Waals surface area (Å²) in [5.41, 5.74) is 1.20. The predicted octanol–water partition coefficient (Wildman–Crippen LogP) is 2.55. The highest BCUT2D eigenvalue weighted by Gasteiger charge is 2.33. The van der Waals surface area contributed by atoms with E-state index in [1.807, 2.05) is 38.1 Å². The lowest BCUT2D eigenvalue weighted by Crippen LogP contribution is -2.44. The molecule has 0 aliphatic carbocycles. The van der Waals surface area contributed by atoms with Crippen LogP contribution in [0.25, 0.3) is 6.08 Å². The number of esters is 1. The lowest BCUT2D eigenvalue weighted by Gasteiger charge is -2.32. The van der Waals surface area contributed by atoms with Gasteiger partial charge in [-0.1, -0.05) is 17.4 Å². The molecule has 212 valence electrons. The Morgan fingerprint density at radius 1 is 1.10 bits per heavy atom. The van der Waals surface area contributed by atoms with Crippen molar-refractivity contribution in [1.82, 2.24) is 9.47 Å². The van der Waals surface area contributed by atoms with Crippen molar-refractivity contribution in [1.29, 1.82) is 0 Å². The number of piperazine rings is 1.